The van der Waals surface area contributed by atoms with E-state index in [2.05, 4.69) is 105 Å². The number of phosphoric ester groups is 2. The van der Waals surface area contributed by atoms with Crippen LogP contribution in [0.15, 0.2) is 97.2 Å². The van der Waals surface area contributed by atoms with E-state index < -0.39 is 85.5 Å². The van der Waals surface area contributed by atoms with Crippen LogP contribution in [-0.4, -0.2) is 95.0 Å². The number of esters is 2. The first kappa shape index (κ1) is 61.0. The second-order valence-corrected chi connectivity index (χ2v) is 17.6. The summed E-state index contributed by atoms with van der Waals surface area (Å²) in [6, 6.07) is 0. The Bertz CT molecular complexity index is 1520. The maximum Gasteiger partial charge on any atom is 0.472 e. The van der Waals surface area contributed by atoms with Gasteiger partial charge >= 0.3 is 27.6 Å². The van der Waals surface area contributed by atoms with Gasteiger partial charge in [0.1, 0.15) is 31.5 Å². The van der Waals surface area contributed by atoms with Gasteiger partial charge in [0.25, 0.3) is 0 Å². The summed E-state index contributed by atoms with van der Waals surface area (Å²) in [5.74, 6) is -1.05. The lowest BCUT2D eigenvalue weighted by atomic mass is 10.1. The molecule has 0 heterocycles. The molecule has 0 bridgehead atoms. The number of aliphatic hydroxyl groups is 3. The van der Waals surface area contributed by atoms with Gasteiger partial charge in [-0.25, -0.2) is 9.13 Å². The fourth-order valence-electron chi connectivity index (χ4n) is 5.12. The van der Waals surface area contributed by atoms with E-state index in [1.165, 1.54) is 0 Å². The topological polar surface area (TPSA) is 225 Å². The molecule has 0 fully saturated rings. The van der Waals surface area contributed by atoms with Crippen LogP contribution in [0.4, 0.5) is 0 Å². The number of carbonyl (C=O) groups is 2. The van der Waals surface area contributed by atoms with Gasteiger partial charge in [0.15, 0.2) is 0 Å². The van der Waals surface area contributed by atoms with Gasteiger partial charge in [-0.1, -0.05) is 137 Å². The minimum Gasteiger partial charge on any atom is -0.463 e. The summed E-state index contributed by atoms with van der Waals surface area (Å²) in [7, 11) is -9.59. The number of unbranched alkanes of at least 4 members (excludes halogenated alkanes) is 8. The molecule has 64 heavy (non-hydrogen) atoms. The van der Waals surface area contributed by atoms with E-state index in [-0.39, 0.29) is 12.8 Å². The normalized spacial score (nSPS) is 16.0. The summed E-state index contributed by atoms with van der Waals surface area (Å²) >= 11 is 0. The second kappa shape index (κ2) is 42.6. The van der Waals surface area contributed by atoms with Crippen LogP contribution >= 0.6 is 15.6 Å². The molecule has 0 aliphatic rings. The Balaban J connectivity index is 3.98. The fraction of sp³-hybridized carbons (Fsp3) is 0.617. The molecule has 0 aliphatic heterocycles. The van der Waals surface area contributed by atoms with Crippen LogP contribution in [0.1, 0.15) is 129 Å². The Morgan fingerprint density at radius 3 is 1.19 bits per heavy atom. The van der Waals surface area contributed by atoms with Crippen molar-refractivity contribution in [3.8, 4) is 0 Å². The minimum atomic E-state index is -4.80. The lowest BCUT2D eigenvalue weighted by Crippen LogP contribution is -2.25. The Kier molecular flexibility index (Phi) is 40.6. The van der Waals surface area contributed by atoms with Crippen LogP contribution in [0.2, 0.25) is 0 Å². The lowest BCUT2D eigenvalue weighted by molar-refractivity contribution is -0.148. The zero-order chi connectivity index (χ0) is 47.4. The second-order valence-electron chi connectivity index (χ2n) is 14.7. The number of rotatable bonds is 42. The van der Waals surface area contributed by atoms with Gasteiger partial charge in [0.05, 0.1) is 26.4 Å². The van der Waals surface area contributed by atoms with E-state index in [1.807, 2.05) is 24.3 Å². The zero-order valence-electron chi connectivity index (χ0n) is 38.2. The third-order valence-corrected chi connectivity index (χ3v) is 10.5. The van der Waals surface area contributed by atoms with Crippen LogP contribution in [0, 0.1) is 0 Å². The molecule has 0 saturated heterocycles. The molecule has 0 radical (unpaired) electrons. The van der Waals surface area contributed by atoms with Crippen molar-refractivity contribution in [1.29, 1.82) is 0 Å². The van der Waals surface area contributed by atoms with Gasteiger partial charge in [0.2, 0.25) is 0 Å². The summed E-state index contributed by atoms with van der Waals surface area (Å²) in [5.41, 5.74) is 0. The quantitative estimate of drug-likeness (QED) is 0.0126. The van der Waals surface area contributed by atoms with E-state index in [0.29, 0.717) is 12.8 Å². The number of phosphoric acid groups is 2. The highest BCUT2D eigenvalue weighted by Gasteiger charge is 2.28. The maximum atomic E-state index is 12.1. The smallest absolute Gasteiger partial charge is 0.463 e. The maximum absolute atomic E-state index is 12.1. The van der Waals surface area contributed by atoms with Crippen molar-refractivity contribution >= 4 is 27.6 Å². The first-order valence-electron chi connectivity index (χ1n) is 22.6. The van der Waals surface area contributed by atoms with Crippen LogP contribution in [0.5, 0.6) is 0 Å². The Labute approximate surface area is 382 Å². The highest BCUT2D eigenvalue weighted by Crippen LogP contribution is 2.45. The molecular formula is C47H78O15P2. The van der Waals surface area contributed by atoms with Crippen molar-refractivity contribution in [2.45, 2.75) is 148 Å². The number of aliphatic hydroxyl groups excluding tert-OH is 3. The molecule has 0 amide bonds. The number of hydrogen-bond donors (Lipinski definition) is 5. The Hall–Kier alpha value is -3.04. The predicted octanol–water partition coefficient (Wildman–Crippen LogP) is 9.93. The van der Waals surface area contributed by atoms with Gasteiger partial charge in [-0.05, 0) is 77.0 Å². The Morgan fingerprint density at radius 2 is 0.750 bits per heavy atom. The van der Waals surface area contributed by atoms with Gasteiger partial charge in [0, 0.05) is 12.8 Å². The molecule has 0 aromatic rings. The number of allylic oxidation sites excluding steroid dienone is 16. The summed E-state index contributed by atoms with van der Waals surface area (Å²) in [5, 5.41) is 30.0. The van der Waals surface area contributed by atoms with E-state index in [4.69, 9.17) is 9.47 Å². The molecule has 0 aliphatic carbocycles. The van der Waals surface area contributed by atoms with E-state index in [9.17, 15) is 43.8 Å². The van der Waals surface area contributed by atoms with E-state index >= 15 is 0 Å². The Morgan fingerprint density at radius 1 is 0.422 bits per heavy atom. The van der Waals surface area contributed by atoms with Crippen molar-refractivity contribution in [2.75, 3.05) is 39.6 Å². The third kappa shape index (κ3) is 44.2. The summed E-state index contributed by atoms with van der Waals surface area (Å²) < 4.78 is 52.9. The first-order chi connectivity index (χ1) is 30.8. The molecule has 15 nitrogen and oxygen atoms in total. The monoisotopic (exact) mass is 944 g/mol. The first-order valence-corrected chi connectivity index (χ1v) is 25.6. The van der Waals surface area contributed by atoms with Crippen LogP contribution < -0.4 is 0 Å². The van der Waals surface area contributed by atoms with E-state index in [1.54, 1.807) is 0 Å². The van der Waals surface area contributed by atoms with Gasteiger partial charge < -0.3 is 34.6 Å². The fourth-order valence-corrected chi connectivity index (χ4v) is 6.71. The largest absolute Gasteiger partial charge is 0.472 e. The molecule has 0 rings (SSSR count). The highest BCUT2D eigenvalue weighted by molar-refractivity contribution is 7.47. The molecule has 5 atom stereocenters. The van der Waals surface area contributed by atoms with Crippen LogP contribution in [0.25, 0.3) is 0 Å². The number of carbonyl (C=O) groups excluding carboxylic acids is 2. The lowest BCUT2D eigenvalue weighted by Gasteiger charge is -2.19. The SMILES string of the molecule is CC/C=C\C/C=C\C/C=C\C/C=C\C/C=C\CCCCCC(=O)OCC(O)COP(=O)(O)OCC(O)COP(=O)(O)OCC(O)COC(=O)CCCCCCC\C=C/C=C/C=C/CC. The summed E-state index contributed by atoms with van der Waals surface area (Å²) in [4.78, 5) is 43.7. The number of hydrogen-bond acceptors (Lipinski definition) is 13. The molecule has 0 aromatic carbocycles. The van der Waals surface area contributed by atoms with Crippen molar-refractivity contribution < 1.29 is 71.4 Å². The van der Waals surface area contributed by atoms with Crippen LogP contribution in [0.3, 0.4) is 0 Å². The van der Waals surface area contributed by atoms with Crippen molar-refractivity contribution in [2.24, 2.45) is 0 Å². The predicted molar refractivity (Wildman–Crippen MR) is 251 cm³/mol. The molecule has 5 N–H and O–H groups in total. The van der Waals surface area contributed by atoms with E-state index in [0.717, 1.165) is 89.9 Å². The van der Waals surface area contributed by atoms with Crippen LogP contribution in [-0.2, 0) is 46.3 Å². The zero-order valence-corrected chi connectivity index (χ0v) is 39.9. The molecule has 5 unspecified atom stereocenters. The molecule has 0 aromatic heterocycles. The van der Waals surface area contributed by atoms with Crippen molar-refractivity contribution in [1.82, 2.24) is 0 Å². The summed E-state index contributed by atoms with van der Waals surface area (Å²) in [6.45, 7) is 0.0643. The molecular weight excluding hydrogens is 866 g/mol. The molecule has 17 heteroatoms. The van der Waals surface area contributed by atoms with Crippen molar-refractivity contribution in [3.63, 3.8) is 0 Å². The molecule has 366 valence electrons. The minimum absolute atomic E-state index is 0.152. The third-order valence-electron chi connectivity index (χ3n) is 8.60. The van der Waals surface area contributed by atoms with Crippen molar-refractivity contribution in [3.05, 3.63) is 97.2 Å². The van der Waals surface area contributed by atoms with Gasteiger partial charge in [-0.15, -0.1) is 0 Å². The molecule has 0 spiro atoms. The molecule has 0 saturated carbocycles. The average Bonchev–Trinajstić information content (AvgIpc) is 3.27. The van der Waals surface area contributed by atoms with Gasteiger partial charge in [-0.3, -0.25) is 27.7 Å². The highest BCUT2D eigenvalue weighted by atomic mass is 31.2. The standard InChI is InChI=1S/C47H78O15P2/c1-3-5-7-9-11-13-15-17-18-19-20-21-22-24-26-28-30-32-34-36-47(52)58-38-44(49)40-60-64(55,56)62-42-45(50)41-61-63(53,54)59-39-43(48)37-57-46(51)35-33-31-29-27-25-23-16-14-12-10-8-6-4-2/h5-8,10-14,16-18,20-21,24,26,43-45,48-50H,3-4,9,15,19,22-23,25,27-42H2,1-2H3,(H,53,54)(H,55,56)/b7-5-,8-6+,12-10+,13-11-,16-14-,18-17-,21-20-,26-24-. The van der Waals surface area contributed by atoms with Gasteiger partial charge in [-0.2, -0.15) is 0 Å². The average molecular weight is 945 g/mol. The number of ether oxygens (including phenoxy) is 2. The summed E-state index contributed by atoms with van der Waals surface area (Å²) in [6.07, 6.45) is 44.0.